The number of carbonyl (C=O) groups excluding carboxylic acids is 3. The Morgan fingerprint density at radius 3 is 2.76 bits per heavy atom. The van der Waals surface area contributed by atoms with E-state index in [2.05, 4.69) is 11.0 Å². The van der Waals surface area contributed by atoms with Crippen LogP contribution in [-0.2, 0) is 14.3 Å². The summed E-state index contributed by atoms with van der Waals surface area (Å²) in [5.41, 5.74) is 3.60. The molecule has 154 valence electrons. The highest BCUT2D eigenvalue weighted by Crippen LogP contribution is 2.46. The monoisotopic (exact) mass is 396 g/mol. The van der Waals surface area contributed by atoms with Gasteiger partial charge in [0.05, 0.1) is 29.3 Å². The molecule has 29 heavy (non-hydrogen) atoms. The summed E-state index contributed by atoms with van der Waals surface area (Å²) in [5, 5.41) is 0. The Morgan fingerprint density at radius 1 is 1.28 bits per heavy atom. The first-order valence-corrected chi connectivity index (χ1v) is 10.4. The highest BCUT2D eigenvalue weighted by molar-refractivity contribution is 6.53. The van der Waals surface area contributed by atoms with E-state index in [1.54, 1.807) is 4.90 Å². The first-order chi connectivity index (χ1) is 13.7. The molecule has 1 fully saturated rings. The molecule has 1 aromatic rings. The van der Waals surface area contributed by atoms with Crippen molar-refractivity contribution in [1.29, 1.82) is 0 Å². The van der Waals surface area contributed by atoms with Crippen molar-refractivity contribution in [1.82, 2.24) is 4.90 Å². The van der Waals surface area contributed by atoms with Crippen LogP contribution >= 0.6 is 0 Å². The summed E-state index contributed by atoms with van der Waals surface area (Å²) in [5.74, 6) is -1.07. The van der Waals surface area contributed by atoms with Crippen molar-refractivity contribution in [3.63, 3.8) is 0 Å². The summed E-state index contributed by atoms with van der Waals surface area (Å²) in [4.78, 5) is 41.5. The van der Waals surface area contributed by atoms with Crippen molar-refractivity contribution in [3.05, 3.63) is 34.9 Å². The molecule has 0 aromatic heterocycles. The van der Waals surface area contributed by atoms with Crippen LogP contribution < -0.4 is 4.90 Å². The Bertz CT molecular complexity index is 931. The van der Waals surface area contributed by atoms with Crippen LogP contribution in [0.4, 0.5) is 5.69 Å². The average molecular weight is 396 g/mol. The molecule has 3 heterocycles. The van der Waals surface area contributed by atoms with Gasteiger partial charge in [0, 0.05) is 18.7 Å². The molecule has 0 aliphatic carbocycles. The number of anilines is 1. The lowest BCUT2D eigenvalue weighted by molar-refractivity contribution is -0.149. The maximum atomic E-state index is 12.7. The number of piperidine rings is 1. The molecule has 0 spiro atoms. The van der Waals surface area contributed by atoms with E-state index in [4.69, 9.17) is 4.74 Å². The minimum absolute atomic E-state index is 0.0933. The van der Waals surface area contributed by atoms with E-state index in [9.17, 15) is 14.4 Å². The van der Waals surface area contributed by atoms with Crippen LogP contribution in [-0.4, -0.2) is 54.3 Å². The van der Waals surface area contributed by atoms with Crippen LogP contribution in [0.3, 0.4) is 0 Å². The van der Waals surface area contributed by atoms with Crippen LogP contribution in [0.25, 0.3) is 5.57 Å². The van der Waals surface area contributed by atoms with Gasteiger partial charge in [0.2, 0.25) is 0 Å². The van der Waals surface area contributed by atoms with Crippen LogP contribution in [0.2, 0.25) is 0 Å². The lowest BCUT2D eigenvalue weighted by Crippen LogP contribution is -2.48. The third-order valence-electron chi connectivity index (χ3n) is 6.20. The van der Waals surface area contributed by atoms with E-state index in [-0.39, 0.29) is 11.9 Å². The number of Topliss-reactive ketones (excluding diaryl/α,β-unsaturated/α-hetero) is 1. The van der Waals surface area contributed by atoms with Gasteiger partial charge in [0.15, 0.2) is 0 Å². The summed E-state index contributed by atoms with van der Waals surface area (Å²) >= 11 is 0. The van der Waals surface area contributed by atoms with Crippen molar-refractivity contribution >= 4 is 28.9 Å². The van der Waals surface area contributed by atoms with Crippen LogP contribution in [0.5, 0.6) is 0 Å². The summed E-state index contributed by atoms with van der Waals surface area (Å²) in [7, 11) is 0. The SMILES string of the molecule is CCOC(=O)[C@@H]1CCCN(CC2=CC(C)(C)N3C(=O)C(=O)c4c(C)ccc2c43)C1. The molecule has 0 bridgehead atoms. The van der Waals surface area contributed by atoms with Gasteiger partial charge in [0.25, 0.3) is 11.7 Å². The zero-order valence-electron chi connectivity index (χ0n) is 17.6. The Hall–Kier alpha value is -2.47. The molecule has 1 saturated heterocycles. The number of ketones is 1. The van der Waals surface area contributed by atoms with Crippen LogP contribution in [0, 0.1) is 12.8 Å². The van der Waals surface area contributed by atoms with Gasteiger partial charge in [-0.15, -0.1) is 0 Å². The zero-order chi connectivity index (χ0) is 20.9. The van der Waals surface area contributed by atoms with E-state index in [1.165, 1.54) is 0 Å². The highest BCUT2D eigenvalue weighted by atomic mass is 16.5. The maximum Gasteiger partial charge on any atom is 0.310 e. The quantitative estimate of drug-likeness (QED) is 0.578. The number of nitrogens with zero attached hydrogens (tertiary/aromatic N) is 2. The number of aryl methyl sites for hydroxylation is 1. The zero-order valence-corrected chi connectivity index (χ0v) is 17.6. The molecule has 6 heteroatoms. The smallest absolute Gasteiger partial charge is 0.310 e. The molecule has 0 radical (unpaired) electrons. The molecular formula is C23H28N2O4. The molecule has 3 aliphatic rings. The summed E-state index contributed by atoms with van der Waals surface area (Å²) in [6.45, 7) is 10.3. The summed E-state index contributed by atoms with van der Waals surface area (Å²) < 4.78 is 5.22. The number of esters is 1. The normalized spacial score (nSPS) is 23.1. The Labute approximate surface area is 171 Å². The fraction of sp³-hybridized carbons (Fsp3) is 0.522. The van der Waals surface area contributed by atoms with Crippen LogP contribution in [0.15, 0.2) is 18.2 Å². The molecule has 0 unspecified atom stereocenters. The summed E-state index contributed by atoms with van der Waals surface area (Å²) in [6, 6.07) is 3.94. The number of ether oxygens (including phenoxy) is 1. The van der Waals surface area contributed by atoms with Gasteiger partial charge in [-0.1, -0.05) is 18.2 Å². The van der Waals surface area contributed by atoms with Crippen molar-refractivity contribution < 1.29 is 19.1 Å². The second-order valence-electron chi connectivity index (χ2n) is 8.77. The van der Waals surface area contributed by atoms with E-state index in [1.807, 2.05) is 39.8 Å². The van der Waals surface area contributed by atoms with Crippen molar-refractivity contribution in [2.75, 3.05) is 31.1 Å². The molecular weight excluding hydrogens is 368 g/mol. The lowest BCUT2D eigenvalue weighted by atomic mass is 9.86. The van der Waals surface area contributed by atoms with Crippen molar-refractivity contribution in [3.8, 4) is 0 Å². The minimum Gasteiger partial charge on any atom is -0.466 e. The molecule has 0 saturated carbocycles. The average Bonchev–Trinajstić information content (AvgIpc) is 2.94. The first-order valence-electron chi connectivity index (χ1n) is 10.4. The second kappa shape index (κ2) is 7.10. The molecule has 3 aliphatic heterocycles. The van der Waals surface area contributed by atoms with Gasteiger partial charge in [-0.25, -0.2) is 0 Å². The molecule has 4 rings (SSSR count). The Kier molecular flexibility index (Phi) is 4.85. The maximum absolute atomic E-state index is 12.7. The fourth-order valence-corrected chi connectivity index (χ4v) is 4.92. The van der Waals surface area contributed by atoms with Gasteiger partial charge in [-0.05, 0) is 58.2 Å². The topological polar surface area (TPSA) is 66.9 Å². The Morgan fingerprint density at radius 2 is 2.03 bits per heavy atom. The van der Waals surface area contributed by atoms with Gasteiger partial charge >= 0.3 is 5.97 Å². The molecule has 0 N–H and O–H groups in total. The van der Waals surface area contributed by atoms with Crippen molar-refractivity contribution in [2.45, 2.75) is 46.1 Å². The predicted octanol–water partition coefficient (Wildman–Crippen LogP) is 2.98. The molecule has 1 amide bonds. The number of hydrogen-bond donors (Lipinski definition) is 0. The van der Waals surface area contributed by atoms with Gasteiger partial charge in [-0.2, -0.15) is 0 Å². The largest absolute Gasteiger partial charge is 0.466 e. The van der Waals surface area contributed by atoms with Gasteiger partial charge in [-0.3, -0.25) is 24.2 Å². The van der Waals surface area contributed by atoms with E-state index in [0.29, 0.717) is 25.3 Å². The molecule has 1 aromatic carbocycles. The lowest BCUT2D eigenvalue weighted by Gasteiger charge is -2.40. The molecule has 1 atom stereocenters. The number of carbonyl (C=O) groups is 3. The van der Waals surface area contributed by atoms with Crippen LogP contribution in [0.1, 0.15) is 55.1 Å². The van der Waals surface area contributed by atoms with Crippen molar-refractivity contribution in [2.24, 2.45) is 5.92 Å². The first kappa shape index (κ1) is 19.8. The number of likely N-dealkylation sites (tertiary alicyclic amines) is 1. The third-order valence-corrected chi connectivity index (χ3v) is 6.20. The van der Waals surface area contributed by atoms with E-state index >= 15 is 0 Å². The summed E-state index contributed by atoms with van der Waals surface area (Å²) in [6.07, 6.45) is 3.91. The predicted molar refractivity (Wildman–Crippen MR) is 111 cm³/mol. The number of rotatable bonds is 4. The minimum atomic E-state index is -0.579. The Balaban J connectivity index is 1.66. The van der Waals surface area contributed by atoms with E-state index < -0.39 is 17.2 Å². The van der Waals surface area contributed by atoms with Gasteiger partial charge in [0.1, 0.15) is 0 Å². The highest BCUT2D eigenvalue weighted by Gasteiger charge is 2.47. The fourth-order valence-electron chi connectivity index (χ4n) is 4.92. The number of amides is 1. The van der Waals surface area contributed by atoms with E-state index in [0.717, 1.165) is 41.8 Å². The third kappa shape index (κ3) is 3.19. The number of hydrogen-bond acceptors (Lipinski definition) is 5. The van der Waals surface area contributed by atoms with Gasteiger partial charge < -0.3 is 4.74 Å². The number of benzene rings is 1. The standard InChI is InChI=1S/C23H28N2O4/c1-5-29-22(28)15-7-6-10-24(12-15)13-16-11-23(3,4)25-19-17(16)9-8-14(2)18(19)20(26)21(25)27/h8-9,11,15H,5-7,10,12-13H2,1-4H3/t15-/m1/s1. The second-order valence-corrected chi connectivity index (χ2v) is 8.77. The molecule has 6 nitrogen and oxygen atoms in total.